The number of benzene rings is 1. The molecule has 1 aromatic carbocycles. The van der Waals surface area contributed by atoms with Crippen molar-refractivity contribution in [2.24, 2.45) is 0 Å². The van der Waals surface area contributed by atoms with E-state index < -0.39 is 0 Å². The molecule has 5 rings (SSSR count). The van der Waals surface area contributed by atoms with Crippen LogP contribution in [-0.2, 0) is 5.54 Å². The molecule has 3 aromatic rings. The Balaban J connectivity index is 1.77. The molecule has 24 heavy (non-hydrogen) atoms. The van der Waals surface area contributed by atoms with E-state index in [4.69, 9.17) is 8.83 Å². The van der Waals surface area contributed by atoms with Gasteiger partial charge in [0, 0.05) is 11.3 Å². The van der Waals surface area contributed by atoms with Crippen LogP contribution in [0.1, 0.15) is 62.0 Å². The van der Waals surface area contributed by atoms with E-state index in [-0.39, 0.29) is 5.54 Å². The second kappa shape index (κ2) is 4.92. The highest BCUT2D eigenvalue weighted by atomic mass is 16.5. The molecule has 1 saturated carbocycles. The van der Waals surface area contributed by atoms with Crippen molar-refractivity contribution in [2.75, 3.05) is 4.90 Å². The van der Waals surface area contributed by atoms with Crippen molar-refractivity contribution in [2.45, 2.75) is 57.5 Å². The molecule has 1 aliphatic heterocycles. The molecule has 1 spiro atoms. The van der Waals surface area contributed by atoms with Crippen LogP contribution in [0.3, 0.4) is 0 Å². The quantitative estimate of drug-likeness (QED) is 0.544. The maximum Gasteiger partial charge on any atom is 0.297 e. The number of para-hydroxylation sites is 1. The lowest BCUT2D eigenvalue weighted by atomic mass is 9.79. The number of furan rings is 2. The van der Waals surface area contributed by atoms with E-state index in [0.29, 0.717) is 11.8 Å². The van der Waals surface area contributed by atoms with Gasteiger partial charge in [-0.1, -0.05) is 37.5 Å². The van der Waals surface area contributed by atoms with E-state index in [2.05, 4.69) is 49.1 Å². The first-order chi connectivity index (χ1) is 11.7. The third-order valence-corrected chi connectivity index (χ3v) is 6.10. The van der Waals surface area contributed by atoms with Gasteiger partial charge in [-0.2, -0.15) is 0 Å². The Morgan fingerprint density at radius 3 is 2.67 bits per heavy atom. The summed E-state index contributed by atoms with van der Waals surface area (Å²) in [4.78, 5) is 2.64. The number of hydrogen-bond acceptors (Lipinski definition) is 3. The number of rotatable bonds is 1. The van der Waals surface area contributed by atoms with Gasteiger partial charge in [0.2, 0.25) is 0 Å². The molecule has 2 aliphatic rings. The van der Waals surface area contributed by atoms with Gasteiger partial charge >= 0.3 is 0 Å². The van der Waals surface area contributed by atoms with Crippen LogP contribution < -0.4 is 4.90 Å². The summed E-state index contributed by atoms with van der Waals surface area (Å²) in [5.41, 5.74) is 4.00. The molecule has 1 fully saturated rings. The Morgan fingerprint density at radius 2 is 1.88 bits per heavy atom. The van der Waals surface area contributed by atoms with Crippen LogP contribution in [-0.4, -0.2) is 0 Å². The van der Waals surface area contributed by atoms with Gasteiger partial charge in [0.1, 0.15) is 5.76 Å². The van der Waals surface area contributed by atoms with Gasteiger partial charge in [-0.3, -0.25) is 0 Å². The second-order valence-corrected chi connectivity index (χ2v) is 7.39. The van der Waals surface area contributed by atoms with E-state index in [0.717, 1.165) is 24.0 Å². The first-order valence-electron chi connectivity index (χ1n) is 9.08. The van der Waals surface area contributed by atoms with E-state index in [1.165, 1.54) is 36.1 Å². The Labute approximate surface area is 142 Å². The van der Waals surface area contributed by atoms with Crippen molar-refractivity contribution in [3.63, 3.8) is 0 Å². The summed E-state index contributed by atoms with van der Waals surface area (Å²) in [6.45, 7) is 4.53. The zero-order chi connectivity index (χ0) is 16.3. The number of aryl methyl sites for hydroxylation is 1. The Bertz CT molecular complexity index is 898. The summed E-state index contributed by atoms with van der Waals surface area (Å²) in [5, 5.41) is 1.15. The molecule has 3 heterocycles. The number of nitrogens with zero attached hydrogens (tertiary/aromatic N) is 1. The molecule has 0 saturated heterocycles. The zero-order valence-electron chi connectivity index (χ0n) is 14.3. The van der Waals surface area contributed by atoms with E-state index in [1.807, 2.05) is 0 Å². The Kier molecular flexibility index (Phi) is 2.91. The first-order valence-corrected chi connectivity index (χ1v) is 9.08. The third-order valence-electron chi connectivity index (χ3n) is 6.10. The molecule has 2 aromatic heterocycles. The van der Waals surface area contributed by atoms with Gasteiger partial charge in [0.15, 0.2) is 0 Å². The molecular weight excluding hydrogens is 298 g/mol. The van der Waals surface area contributed by atoms with Crippen LogP contribution in [0.25, 0.3) is 11.2 Å². The lowest BCUT2D eigenvalue weighted by Gasteiger charge is -2.44. The van der Waals surface area contributed by atoms with Crippen LogP contribution in [0.15, 0.2) is 45.4 Å². The Morgan fingerprint density at radius 1 is 1.08 bits per heavy atom. The molecule has 0 N–H and O–H groups in total. The van der Waals surface area contributed by atoms with Gasteiger partial charge in [-0.15, -0.1) is 0 Å². The summed E-state index contributed by atoms with van der Waals surface area (Å²) in [6, 6.07) is 11.1. The number of fused-ring (bicyclic) bond motifs is 4. The molecule has 0 amide bonds. The van der Waals surface area contributed by atoms with Crippen molar-refractivity contribution in [1.29, 1.82) is 0 Å². The lowest BCUT2D eigenvalue weighted by Crippen LogP contribution is -2.44. The summed E-state index contributed by atoms with van der Waals surface area (Å²) in [5.74, 6) is 1.86. The fourth-order valence-corrected chi connectivity index (χ4v) is 5.09. The van der Waals surface area contributed by atoms with Crippen LogP contribution in [0.2, 0.25) is 0 Å². The zero-order valence-corrected chi connectivity index (χ0v) is 14.3. The molecular formula is C21H23NO2. The number of hydrogen-bond donors (Lipinski definition) is 0. The normalized spacial score (nSPS) is 22.4. The van der Waals surface area contributed by atoms with Gasteiger partial charge in [-0.25, -0.2) is 0 Å². The largest absolute Gasteiger partial charge is 0.433 e. The van der Waals surface area contributed by atoms with Gasteiger partial charge in [-0.05, 0) is 44.4 Å². The molecule has 3 nitrogen and oxygen atoms in total. The molecule has 1 atom stereocenters. The fourth-order valence-electron chi connectivity index (χ4n) is 5.09. The fraction of sp³-hybridized carbons (Fsp3) is 0.429. The average Bonchev–Trinajstić information content (AvgIpc) is 3.23. The predicted molar refractivity (Wildman–Crippen MR) is 95.3 cm³/mol. The highest BCUT2D eigenvalue weighted by Crippen LogP contribution is 2.58. The SMILES string of the molecule is Cc1ccccc1N1C(C)c2c(oc3occc23)C12CCCCC2. The molecule has 124 valence electrons. The van der Waals surface area contributed by atoms with E-state index in [1.54, 1.807) is 6.26 Å². The molecule has 1 unspecified atom stereocenters. The van der Waals surface area contributed by atoms with Gasteiger partial charge in [0.05, 0.1) is 23.2 Å². The van der Waals surface area contributed by atoms with Gasteiger partial charge in [0.25, 0.3) is 5.78 Å². The maximum atomic E-state index is 6.30. The first kappa shape index (κ1) is 14.2. The van der Waals surface area contributed by atoms with Crippen LogP contribution >= 0.6 is 0 Å². The summed E-state index contributed by atoms with van der Waals surface area (Å²) < 4.78 is 11.9. The topological polar surface area (TPSA) is 29.5 Å². The third kappa shape index (κ3) is 1.68. The smallest absolute Gasteiger partial charge is 0.297 e. The summed E-state index contributed by atoms with van der Waals surface area (Å²) >= 11 is 0. The minimum Gasteiger partial charge on any atom is -0.433 e. The van der Waals surface area contributed by atoms with E-state index >= 15 is 0 Å². The lowest BCUT2D eigenvalue weighted by molar-refractivity contribution is 0.242. The van der Waals surface area contributed by atoms with Crippen LogP contribution in [0.4, 0.5) is 5.69 Å². The van der Waals surface area contributed by atoms with Crippen molar-refractivity contribution in [1.82, 2.24) is 0 Å². The van der Waals surface area contributed by atoms with Crippen molar-refractivity contribution in [3.8, 4) is 0 Å². The molecule has 0 radical (unpaired) electrons. The average molecular weight is 321 g/mol. The summed E-state index contributed by atoms with van der Waals surface area (Å²) in [7, 11) is 0. The maximum absolute atomic E-state index is 6.30. The second-order valence-electron chi connectivity index (χ2n) is 7.39. The Hall–Kier alpha value is -2.16. The van der Waals surface area contributed by atoms with E-state index in [9.17, 15) is 0 Å². The van der Waals surface area contributed by atoms with Crippen LogP contribution in [0, 0.1) is 6.92 Å². The monoisotopic (exact) mass is 321 g/mol. The standard InChI is InChI=1S/C21H23NO2/c1-14-8-4-5-9-17(14)22-15(2)18-16-10-13-23-20(16)24-19(18)21(22)11-6-3-7-12-21/h4-5,8-10,13,15H,3,6-7,11-12H2,1-2H3. The van der Waals surface area contributed by atoms with Crippen molar-refractivity contribution in [3.05, 3.63) is 53.5 Å². The minimum absolute atomic E-state index is 0.0132. The highest BCUT2D eigenvalue weighted by molar-refractivity contribution is 5.82. The summed E-state index contributed by atoms with van der Waals surface area (Å²) in [6.07, 6.45) is 7.91. The van der Waals surface area contributed by atoms with Crippen molar-refractivity contribution >= 4 is 16.9 Å². The predicted octanol–water partition coefficient (Wildman–Crippen LogP) is 6.07. The highest BCUT2D eigenvalue weighted by Gasteiger charge is 2.53. The van der Waals surface area contributed by atoms with Crippen molar-refractivity contribution < 1.29 is 8.83 Å². The molecule has 0 bridgehead atoms. The van der Waals surface area contributed by atoms with Crippen LogP contribution in [0.5, 0.6) is 0 Å². The molecule has 1 aliphatic carbocycles. The molecule has 3 heteroatoms. The minimum atomic E-state index is -0.0132. The van der Waals surface area contributed by atoms with Gasteiger partial charge < -0.3 is 13.7 Å². The number of anilines is 1.